The highest BCUT2D eigenvalue weighted by molar-refractivity contribution is 6.30. The number of ether oxygens (including phenoxy) is 4. The molecule has 11 atom stereocenters. The van der Waals surface area contributed by atoms with Crippen LogP contribution in [0.2, 0.25) is 5.02 Å². The molecular formula is C40H60ClNO11. The molecule has 0 radical (unpaired) electrons. The first-order chi connectivity index (χ1) is 24.8. The van der Waals surface area contributed by atoms with Gasteiger partial charge in [0, 0.05) is 37.4 Å². The highest BCUT2D eigenvalue weighted by Gasteiger charge is 2.55. The van der Waals surface area contributed by atoms with Gasteiger partial charge in [0.2, 0.25) is 0 Å². The van der Waals surface area contributed by atoms with Gasteiger partial charge < -0.3 is 39.4 Å². The number of rotatable bonds is 13. The molecule has 2 aliphatic rings. The topological polar surface area (TPSA) is 176 Å². The number of likely N-dealkylation sites (N-methyl/N-ethyl adjacent to an activating group) is 1. The van der Waals surface area contributed by atoms with Crippen molar-refractivity contribution < 1.29 is 53.8 Å². The largest absolute Gasteiger partial charge is 0.483 e. The Morgan fingerprint density at radius 1 is 1.21 bits per heavy atom. The number of aliphatic hydroxyl groups excluding tert-OH is 1. The number of hydrogen-bond acceptors (Lipinski definition) is 11. The Labute approximate surface area is 319 Å². The van der Waals surface area contributed by atoms with Gasteiger partial charge in [-0.05, 0) is 76.4 Å². The molecule has 1 aromatic carbocycles. The second kappa shape index (κ2) is 21.1. The van der Waals surface area contributed by atoms with Crippen LogP contribution >= 0.6 is 11.6 Å². The number of hydrogen-bond donors (Lipinski definition) is 4. The van der Waals surface area contributed by atoms with Gasteiger partial charge in [0.25, 0.3) is 6.47 Å². The van der Waals surface area contributed by atoms with Gasteiger partial charge in [0.15, 0.2) is 0 Å². The molecule has 2 aliphatic heterocycles. The predicted molar refractivity (Wildman–Crippen MR) is 202 cm³/mol. The Kier molecular flexibility index (Phi) is 18.3. The minimum Gasteiger partial charge on any atom is -0.483 e. The number of cyclic esters (lactones) is 1. The maximum atomic E-state index is 12.9. The summed E-state index contributed by atoms with van der Waals surface area (Å²) in [6, 6.07) is 7.21. The van der Waals surface area contributed by atoms with Crippen molar-refractivity contribution in [3.05, 3.63) is 70.8 Å². The third-order valence-corrected chi connectivity index (χ3v) is 10.2. The van der Waals surface area contributed by atoms with Crippen LogP contribution in [0.3, 0.4) is 0 Å². The molecule has 1 fully saturated rings. The molecule has 0 aromatic heterocycles. The van der Waals surface area contributed by atoms with Gasteiger partial charge >= 0.3 is 11.9 Å². The van der Waals surface area contributed by atoms with Crippen LogP contribution in [0, 0.1) is 11.8 Å². The second-order valence-electron chi connectivity index (χ2n) is 14.6. The van der Waals surface area contributed by atoms with Crippen molar-refractivity contribution >= 4 is 30.0 Å². The number of carbonyl (C=O) groups is 3. The zero-order chi connectivity index (χ0) is 40.1. The molecule has 53 heavy (non-hydrogen) atoms. The molecule has 2 unspecified atom stereocenters. The van der Waals surface area contributed by atoms with Crippen molar-refractivity contribution in [1.82, 2.24) is 4.90 Å². The molecule has 0 bridgehead atoms. The van der Waals surface area contributed by atoms with E-state index in [2.05, 4.69) is 18.7 Å². The van der Waals surface area contributed by atoms with E-state index in [1.807, 2.05) is 45.2 Å². The molecule has 3 rings (SSSR count). The summed E-state index contributed by atoms with van der Waals surface area (Å²) in [7, 11) is 3.67. The molecule has 1 aromatic rings. The molecule has 4 N–H and O–H groups in total. The second-order valence-corrected chi connectivity index (χ2v) is 15.1. The molecule has 12 nitrogen and oxygen atoms in total. The summed E-state index contributed by atoms with van der Waals surface area (Å²) in [5, 5.41) is 41.2. The molecule has 0 spiro atoms. The molecule has 0 aliphatic carbocycles. The van der Waals surface area contributed by atoms with E-state index in [-0.39, 0.29) is 55.9 Å². The van der Waals surface area contributed by atoms with Crippen LogP contribution in [0.4, 0.5) is 0 Å². The Bertz CT molecular complexity index is 1410. The van der Waals surface area contributed by atoms with Crippen LogP contribution in [-0.4, -0.2) is 112 Å². The molecule has 0 amide bonds. The van der Waals surface area contributed by atoms with E-state index in [4.69, 9.17) is 40.4 Å². The summed E-state index contributed by atoms with van der Waals surface area (Å²) in [6.07, 6.45) is 6.41. The number of esters is 2. The summed E-state index contributed by atoms with van der Waals surface area (Å²) in [5.41, 5.74) is -1.06. The fourth-order valence-corrected chi connectivity index (χ4v) is 7.13. The van der Waals surface area contributed by atoms with E-state index in [1.165, 1.54) is 6.92 Å². The number of methoxy groups -OCH3 is 1. The SMILES string of the molecule is CC[C@H](OC)[C@@H](C)[C@H]1O[C@@H]1C(N(C)Cc1ccc(Cl)cc1)C(C)(O)/C=C/C=C(\C)[C@@H]1OC(=O)C[C@H](O)CC[C@@](C)(O)[C@@H](OC(C)=O)/C=C/[C@@H]1C.O=CO. The maximum Gasteiger partial charge on any atom is 0.309 e. The number of epoxide rings is 1. The van der Waals surface area contributed by atoms with E-state index < -0.39 is 47.5 Å². The molecule has 2 heterocycles. The average Bonchev–Trinajstić information content (AvgIpc) is 3.85. The van der Waals surface area contributed by atoms with E-state index in [0.717, 1.165) is 12.0 Å². The van der Waals surface area contributed by atoms with E-state index >= 15 is 0 Å². The van der Waals surface area contributed by atoms with Gasteiger partial charge in [-0.25, -0.2) is 0 Å². The fraction of sp³-hybridized carbons (Fsp3) is 0.625. The predicted octanol–water partition coefficient (Wildman–Crippen LogP) is 5.25. The fourth-order valence-electron chi connectivity index (χ4n) is 7.00. The zero-order valence-corrected chi connectivity index (χ0v) is 33.2. The van der Waals surface area contributed by atoms with E-state index in [9.17, 15) is 24.9 Å². The average molecular weight is 766 g/mol. The summed E-state index contributed by atoms with van der Waals surface area (Å²) in [5.74, 6) is -1.38. The van der Waals surface area contributed by atoms with Crippen molar-refractivity contribution in [2.75, 3.05) is 14.2 Å². The molecule has 1 saturated heterocycles. The number of carboxylic acid groups (broad SMARTS) is 1. The van der Waals surface area contributed by atoms with E-state index in [1.54, 1.807) is 51.3 Å². The standard InChI is InChI=1S/C39H58ClNO9.CH2O2/c1-10-31(47-9)26(4)35-36(50-35)37(41(8)23-28-14-16-29(40)17-15-28)39(7,46)20-11-12-24(2)34-25(3)13-18-32(48-27(5)42)38(6,45)21-19-30(43)22-33(44)49-34;2-1-3/h11-18,20,25-26,30-32,34-37,43,45-46H,10,19,21-23H2,1-9H3;1H,(H,2,3)/b18-13+,20-11+,24-12+;/t25-,26+,30+,31-,32-,34-,35+,36-,37?,38+,39?;/m0./s1. The number of aliphatic hydroxyl groups is 3. The molecule has 298 valence electrons. The smallest absolute Gasteiger partial charge is 0.309 e. The first-order valence-corrected chi connectivity index (χ1v) is 18.4. The summed E-state index contributed by atoms with van der Waals surface area (Å²) in [6.45, 7) is 12.8. The lowest BCUT2D eigenvalue weighted by Crippen LogP contribution is -2.52. The van der Waals surface area contributed by atoms with Crippen LogP contribution in [0.5, 0.6) is 0 Å². The Hall–Kier alpha value is -3.10. The van der Waals surface area contributed by atoms with Gasteiger partial charge in [-0.3, -0.25) is 19.3 Å². The van der Waals surface area contributed by atoms with Crippen molar-refractivity contribution in [1.29, 1.82) is 0 Å². The first-order valence-electron chi connectivity index (χ1n) is 18.1. The summed E-state index contributed by atoms with van der Waals surface area (Å²) >= 11 is 6.13. The maximum absolute atomic E-state index is 12.9. The minimum absolute atomic E-state index is 0.0273. The monoisotopic (exact) mass is 765 g/mol. The number of allylic oxidation sites excluding steroid dienone is 2. The third-order valence-electron chi connectivity index (χ3n) is 9.96. The lowest BCUT2D eigenvalue weighted by Gasteiger charge is -2.37. The zero-order valence-electron chi connectivity index (χ0n) is 32.5. The Morgan fingerprint density at radius 2 is 1.83 bits per heavy atom. The Balaban J connectivity index is 0.00000313. The van der Waals surface area contributed by atoms with Crippen LogP contribution in [0.25, 0.3) is 0 Å². The third kappa shape index (κ3) is 14.2. The highest BCUT2D eigenvalue weighted by atomic mass is 35.5. The van der Waals surface area contributed by atoms with Gasteiger partial charge in [0.1, 0.15) is 23.9 Å². The minimum atomic E-state index is -1.46. The number of carbonyl (C=O) groups excluding carboxylic acids is 2. The number of halogens is 1. The number of nitrogens with zero attached hydrogens (tertiary/aromatic N) is 1. The molecular weight excluding hydrogens is 706 g/mol. The van der Waals surface area contributed by atoms with Crippen LogP contribution < -0.4 is 0 Å². The summed E-state index contributed by atoms with van der Waals surface area (Å²) < 4.78 is 23.3. The lowest BCUT2D eigenvalue weighted by atomic mass is 9.86. The van der Waals surface area contributed by atoms with Gasteiger partial charge in [-0.15, -0.1) is 0 Å². The van der Waals surface area contributed by atoms with Crippen molar-refractivity contribution in [3.63, 3.8) is 0 Å². The summed E-state index contributed by atoms with van der Waals surface area (Å²) in [4.78, 5) is 35.2. The van der Waals surface area contributed by atoms with Crippen molar-refractivity contribution in [2.45, 2.75) is 135 Å². The van der Waals surface area contributed by atoms with Gasteiger partial charge in [-0.1, -0.05) is 68.8 Å². The van der Waals surface area contributed by atoms with Gasteiger partial charge in [-0.2, -0.15) is 0 Å². The molecule has 0 saturated carbocycles. The van der Waals surface area contributed by atoms with Crippen LogP contribution in [-0.2, 0) is 39.9 Å². The van der Waals surface area contributed by atoms with Crippen LogP contribution in [0.1, 0.15) is 79.7 Å². The van der Waals surface area contributed by atoms with E-state index in [0.29, 0.717) is 17.1 Å². The van der Waals surface area contributed by atoms with Crippen molar-refractivity contribution in [3.8, 4) is 0 Å². The van der Waals surface area contributed by atoms with Crippen LogP contribution in [0.15, 0.2) is 60.2 Å². The lowest BCUT2D eigenvalue weighted by molar-refractivity contribution is -0.157. The quantitative estimate of drug-likeness (QED) is 0.0676. The number of benzene rings is 1. The highest BCUT2D eigenvalue weighted by Crippen LogP contribution is 2.41. The normalized spacial score (nSPS) is 30.3. The van der Waals surface area contributed by atoms with Gasteiger partial charge in [0.05, 0.1) is 36.4 Å². The van der Waals surface area contributed by atoms with Crippen molar-refractivity contribution in [2.24, 2.45) is 11.8 Å². The Morgan fingerprint density at radius 3 is 2.40 bits per heavy atom. The molecule has 13 heteroatoms. The first kappa shape index (κ1) is 46.1.